The number of thiophene rings is 1. The van der Waals surface area contributed by atoms with Crippen molar-refractivity contribution in [3.63, 3.8) is 0 Å². The van der Waals surface area contributed by atoms with Crippen molar-refractivity contribution in [1.29, 1.82) is 0 Å². The fraction of sp³-hybridized carbons (Fsp3) is 0.643. The van der Waals surface area contributed by atoms with Crippen LogP contribution in [0.15, 0.2) is 15.9 Å². The molecule has 5 nitrogen and oxygen atoms in total. The van der Waals surface area contributed by atoms with Crippen LogP contribution >= 0.6 is 27.3 Å². The van der Waals surface area contributed by atoms with Crippen molar-refractivity contribution < 1.29 is 9.53 Å². The third kappa shape index (κ3) is 4.18. The molecule has 2 rings (SSSR count). The molecule has 0 aromatic carbocycles. The van der Waals surface area contributed by atoms with Crippen molar-refractivity contribution in [3.8, 4) is 0 Å². The summed E-state index contributed by atoms with van der Waals surface area (Å²) in [7, 11) is 0. The summed E-state index contributed by atoms with van der Waals surface area (Å²) < 4.78 is 6.49. The first-order valence-corrected chi connectivity index (χ1v) is 8.66. The lowest BCUT2D eigenvalue weighted by Gasteiger charge is -2.26. The Morgan fingerprint density at radius 3 is 2.86 bits per heavy atom. The number of carbonyl (C=O) groups excluding carboxylic acids is 1. The highest BCUT2D eigenvalue weighted by Crippen LogP contribution is 2.36. The molecular weight excluding hydrogens is 354 g/mol. The van der Waals surface area contributed by atoms with Gasteiger partial charge in [-0.2, -0.15) is 0 Å². The van der Waals surface area contributed by atoms with Crippen LogP contribution in [0, 0.1) is 5.92 Å². The predicted molar refractivity (Wildman–Crippen MR) is 88.0 cm³/mol. The maximum atomic E-state index is 12.1. The van der Waals surface area contributed by atoms with Crippen LogP contribution < -0.4 is 11.3 Å². The average Bonchev–Trinajstić information content (AvgIpc) is 2.99. The molecule has 0 saturated carbocycles. The molecule has 21 heavy (non-hydrogen) atoms. The Bertz CT molecular complexity index is 501. The zero-order chi connectivity index (χ0) is 15.6. The van der Waals surface area contributed by atoms with Crippen LogP contribution in [0.1, 0.15) is 38.1 Å². The largest absolute Gasteiger partial charge is 0.444 e. The van der Waals surface area contributed by atoms with E-state index in [1.54, 1.807) is 16.2 Å². The van der Waals surface area contributed by atoms with Crippen LogP contribution in [0.4, 0.5) is 4.79 Å². The molecule has 0 bridgehead atoms. The molecule has 1 aliphatic rings. The summed E-state index contributed by atoms with van der Waals surface area (Å²) in [5.74, 6) is 6.03. The number of halogens is 1. The molecule has 1 aromatic rings. The summed E-state index contributed by atoms with van der Waals surface area (Å²) in [5, 5.41) is 2.03. The zero-order valence-corrected chi connectivity index (χ0v) is 15.0. The predicted octanol–water partition coefficient (Wildman–Crippen LogP) is 3.27. The van der Waals surface area contributed by atoms with E-state index in [0.717, 1.165) is 10.9 Å². The van der Waals surface area contributed by atoms with Crippen LogP contribution in [0.25, 0.3) is 0 Å². The number of amides is 1. The molecule has 118 valence electrons. The van der Waals surface area contributed by atoms with Gasteiger partial charge in [-0.25, -0.2) is 4.79 Å². The van der Waals surface area contributed by atoms with Crippen LogP contribution in [0.5, 0.6) is 0 Å². The Kier molecular flexibility index (Phi) is 5.29. The standard InChI is InChI=1S/C14H22BrN3O2S/c1-14(2,3)20-13(19)18-6-4-9(8-18)11(17-16)12-10(15)5-7-21-12/h5,7,9,11,17H,4,6,8,16H2,1-3H3. The molecule has 7 heteroatoms. The third-order valence-corrected chi connectivity index (χ3v) is 5.41. The van der Waals surface area contributed by atoms with Gasteiger partial charge in [-0.3, -0.25) is 11.3 Å². The van der Waals surface area contributed by atoms with Crippen LogP contribution in [-0.4, -0.2) is 29.7 Å². The molecule has 1 fully saturated rings. The highest BCUT2D eigenvalue weighted by Gasteiger charge is 2.35. The minimum Gasteiger partial charge on any atom is -0.444 e. The second-order valence-electron chi connectivity index (χ2n) is 6.25. The van der Waals surface area contributed by atoms with Gasteiger partial charge in [0.1, 0.15) is 5.60 Å². The monoisotopic (exact) mass is 375 g/mol. The Hall–Kier alpha value is -0.630. The number of likely N-dealkylation sites (tertiary alicyclic amines) is 1. The fourth-order valence-corrected chi connectivity index (χ4v) is 4.28. The summed E-state index contributed by atoms with van der Waals surface area (Å²) in [5.41, 5.74) is 2.44. The first-order chi connectivity index (χ1) is 9.81. The first-order valence-electron chi connectivity index (χ1n) is 6.99. The van der Waals surface area contributed by atoms with Crippen molar-refractivity contribution in [1.82, 2.24) is 10.3 Å². The summed E-state index contributed by atoms with van der Waals surface area (Å²) >= 11 is 5.21. The number of nitrogens with zero attached hydrogens (tertiary/aromatic N) is 1. The molecule has 1 aliphatic heterocycles. The smallest absolute Gasteiger partial charge is 0.410 e. The van der Waals surface area contributed by atoms with Gasteiger partial charge in [-0.05, 0) is 60.5 Å². The topological polar surface area (TPSA) is 67.6 Å². The summed E-state index contributed by atoms with van der Waals surface area (Å²) in [6.07, 6.45) is 0.671. The van der Waals surface area contributed by atoms with E-state index in [4.69, 9.17) is 10.6 Å². The number of carbonyl (C=O) groups is 1. The summed E-state index contributed by atoms with van der Waals surface area (Å²) in [4.78, 5) is 15.1. The Morgan fingerprint density at radius 2 is 2.33 bits per heavy atom. The van der Waals surface area contributed by atoms with Crippen LogP contribution in [0.3, 0.4) is 0 Å². The van der Waals surface area contributed by atoms with Gasteiger partial charge < -0.3 is 9.64 Å². The molecule has 1 amide bonds. The van der Waals surface area contributed by atoms with Crippen LogP contribution in [0.2, 0.25) is 0 Å². The van der Waals surface area contributed by atoms with Gasteiger partial charge in [0.25, 0.3) is 0 Å². The van der Waals surface area contributed by atoms with Gasteiger partial charge in [0.2, 0.25) is 0 Å². The Morgan fingerprint density at radius 1 is 1.62 bits per heavy atom. The molecular formula is C14H22BrN3O2S. The molecule has 2 heterocycles. The summed E-state index contributed by atoms with van der Waals surface area (Å²) in [6.45, 7) is 7.01. The minimum atomic E-state index is -0.461. The highest BCUT2D eigenvalue weighted by molar-refractivity contribution is 9.10. The molecule has 0 radical (unpaired) electrons. The quantitative estimate of drug-likeness (QED) is 0.628. The molecule has 1 saturated heterocycles. The molecule has 0 aliphatic carbocycles. The fourth-order valence-electron chi connectivity index (χ4n) is 2.50. The second kappa shape index (κ2) is 6.64. The van der Waals surface area contributed by atoms with E-state index in [1.165, 1.54) is 4.88 Å². The van der Waals surface area contributed by atoms with E-state index in [-0.39, 0.29) is 18.1 Å². The van der Waals surface area contributed by atoms with Gasteiger partial charge in [0, 0.05) is 22.4 Å². The average molecular weight is 376 g/mol. The third-order valence-electron chi connectivity index (χ3n) is 3.45. The number of hydrogen-bond donors (Lipinski definition) is 2. The highest BCUT2D eigenvalue weighted by atomic mass is 79.9. The number of nitrogens with two attached hydrogens (primary N) is 1. The van der Waals surface area contributed by atoms with E-state index in [1.807, 2.05) is 32.2 Å². The van der Waals surface area contributed by atoms with Crippen molar-refractivity contribution in [2.75, 3.05) is 13.1 Å². The van der Waals surface area contributed by atoms with Crippen molar-refractivity contribution in [3.05, 3.63) is 20.8 Å². The Labute approximate surface area is 137 Å². The van der Waals surface area contributed by atoms with E-state index < -0.39 is 5.60 Å². The number of nitrogens with one attached hydrogen (secondary N) is 1. The number of hydrazine groups is 1. The first kappa shape index (κ1) is 16.7. The van der Waals surface area contributed by atoms with Gasteiger partial charge in [-0.15, -0.1) is 11.3 Å². The number of ether oxygens (including phenoxy) is 1. The SMILES string of the molecule is CC(C)(C)OC(=O)N1CCC(C(NN)c2sccc2Br)C1. The van der Waals surface area contributed by atoms with Crippen molar-refractivity contribution in [2.45, 2.75) is 38.8 Å². The molecule has 3 N–H and O–H groups in total. The molecule has 2 atom stereocenters. The second-order valence-corrected chi connectivity index (χ2v) is 8.05. The zero-order valence-electron chi connectivity index (χ0n) is 12.6. The van der Waals surface area contributed by atoms with Gasteiger partial charge in [0.15, 0.2) is 0 Å². The van der Waals surface area contributed by atoms with E-state index in [9.17, 15) is 4.79 Å². The molecule has 2 unspecified atom stereocenters. The van der Waals surface area contributed by atoms with E-state index in [0.29, 0.717) is 13.1 Å². The summed E-state index contributed by atoms with van der Waals surface area (Å²) in [6, 6.07) is 2.07. The van der Waals surface area contributed by atoms with Gasteiger partial charge in [0.05, 0.1) is 6.04 Å². The number of rotatable bonds is 3. The lowest BCUT2D eigenvalue weighted by atomic mass is 9.98. The lowest BCUT2D eigenvalue weighted by Crippen LogP contribution is -2.38. The minimum absolute atomic E-state index is 0.0480. The number of hydrogen-bond acceptors (Lipinski definition) is 5. The van der Waals surface area contributed by atoms with Crippen molar-refractivity contribution >= 4 is 33.4 Å². The Balaban J connectivity index is 2.01. The molecule has 0 spiro atoms. The normalized spacial score (nSPS) is 20.6. The molecule has 1 aromatic heterocycles. The lowest BCUT2D eigenvalue weighted by molar-refractivity contribution is 0.0285. The van der Waals surface area contributed by atoms with Gasteiger partial charge in [-0.1, -0.05) is 0 Å². The van der Waals surface area contributed by atoms with Crippen LogP contribution in [-0.2, 0) is 4.74 Å². The maximum Gasteiger partial charge on any atom is 0.410 e. The van der Waals surface area contributed by atoms with E-state index >= 15 is 0 Å². The van der Waals surface area contributed by atoms with E-state index in [2.05, 4.69) is 21.4 Å². The van der Waals surface area contributed by atoms with Crippen molar-refractivity contribution in [2.24, 2.45) is 11.8 Å². The van der Waals surface area contributed by atoms with Gasteiger partial charge >= 0.3 is 6.09 Å². The maximum absolute atomic E-state index is 12.1.